The van der Waals surface area contributed by atoms with Gasteiger partial charge in [-0.25, -0.2) is 0 Å². The van der Waals surface area contributed by atoms with Gasteiger partial charge in [-0.1, -0.05) is 61.4 Å². The van der Waals surface area contributed by atoms with Crippen LogP contribution < -0.4 is 0 Å². The minimum atomic E-state index is 0.0878. The molecule has 2 aliphatic rings. The number of aryl methyl sites for hydroxylation is 1. The van der Waals surface area contributed by atoms with Gasteiger partial charge in [0.1, 0.15) is 4.32 Å². The van der Waals surface area contributed by atoms with Gasteiger partial charge in [-0.3, -0.25) is 9.69 Å². The van der Waals surface area contributed by atoms with Crippen molar-refractivity contribution in [3.63, 3.8) is 0 Å². The molecule has 24 heavy (non-hydrogen) atoms. The van der Waals surface area contributed by atoms with Crippen molar-refractivity contribution in [2.75, 3.05) is 0 Å². The van der Waals surface area contributed by atoms with E-state index in [1.54, 1.807) is 0 Å². The molecule has 2 aromatic rings. The molecule has 1 amide bonds. The number of hydrogen-bond donors (Lipinski definition) is 0. The number of para-hydroxylation sites is 1. The molecule has 0 atom stereocenters. The lowest BCUT2D eigenvalue weighted by atomic mass is 9.94. The van der Waals surface area contributed by atoms with Gasteiger partial charge in [0.05, 0.1) is 4.91 Å². The Bertz CT molecular complexity index is 846. The van der Waals surface area contributed by atoms with Crippen molar-refractivity contribution in [3.05, 3.63) is 40.9 Å². The van der Waals surface area contributed by atoms with Gasteiger partial charge in [-0.2, -0.15) is 0 Å². The van der Waals surface area contributed by atoms with Gasteiger partial charge < -0.3 is 4.57 Å². The van der Waals surface area contributed by atoms with Crippen LogP contribution in [0, 0.1) is 0 Å². The molecule has 1 aliphatic carbocycles. The zero-order valence-electron chi connectivity index (χ0n) is 13.7. The average Bonchev–Trinajstić information content (AvgIpc) is 3.06. The highest BCUT2D eigenvalue weighted by atomic mass is 32.2. The van der Waals surface area contributed by atoms with Crippen LogP contribution >= 0.6 is 24.0 Å². The monoisotopic (exact) mass is 356 g/mol. The van der Waals surface area contributed by atoms with Gasteiger partial charge in [-0.05, 0) is 25.0 Å². The summed E-state index contributed by atoms with van der Waals surface area (Å²) in [6, 6.07) is 8.56. The molecule has 2 fully saturated rings. The smallest absolute Gasteiger partial charge is 0.266 e. The molecule has 0 spiro atoms. The van der Waals surface area contributed by atoms with Crippen LogP contribution in [0.25, 0.3) is 17.0 Å². The summed E-state index contributed by atoms with van der Waals surface area (Å²) in [5.74, 6) is 0.0878. The molecule has 124 valence electrons. The number of hydrogen-bond acceptors (Lipinski definition) is 3. The molecule has 1 aromatic carbocycles. The quantitative estimate of drug-likeness (QED) is 0.575. The van der Waals surface area contributed by atoms with Gasteiger partial charge in [0.25, 0.3) is 5.91 Å². The lowest BCUT2D eigenvalue weighted by Gasteiger charge is -2.29. The molecule has 1 saturated carbocycles. The fourth-order valence-electron chi connectivity index (χ4n) is 3.76. The number of thiocarbonyl (C=S) groups is 1. The number of nitrogens with zero attached hydrogens (tertiary/aromatic N) is 2. The zero-order valence-corrected chi connectivity index (χ0v) is 15.3. The summed E-state index contributed by atoms with van der Waals surface area (Å²) in [4.78, 5) is 15.5. The summed E-state index contributed by atoms with van der Waals surface area (Å²) in [6.45, 7) is 0. The highest BCUT2D eigenvalue weighted by Crippen LogP contribution is 2.38. The Kier molecular flexibility index (Phi) is 4.22. The van der Waals surface area contributed by atoms with Crippen LogP contribution in [0.3, 0.4) is 0 Å². The van der Waals surface area contributed by atoms with Gasteiger partial charge >= 0.3 is 0 Å². The molecule has 0 unspecified atom stereocenters. The molecule has 0 N–H and O–H groups in total. The van der Waals surface area contributed by atoms with E-state index in [1.165, 1.54) is 41.9 Å². The van der Waals surface area contributed by atoms with Gasteiger partial charge in [0.15, 0.2) is 0 Å². The highest BCUT2D eigenvalue weighted by Gasteiger charge is 2.37. The van der Waals surface area contributed by atoms with Gasteiger partial charge in [-0.15, -0.1) is 0 Å². The second-order valence-corrected chi connectivity index (χ2v) is 8.23. The number of carbonyl (C=O) groups is 1. The van der Waals surface area contributed by atoms with E-state index in [0.717, 1.165) is 27.6 Å². The molecular formula is C19H20N2OS2. The third-order valence-electron chi connectivity index (χ3n) is 4.98. The van der Waals surface area contributed by atoms with Crippen molar-refractivity contribution >= 4 is 51.2 Å². The molecule has 1 aliphatic heterocycles. The number of aromatic nitrogens is 1. The van der Waals surface area contributed by atoms with E-state index in [2.05, 4.69) is 22.9 Å². The normalized spacial score (nSPS) is 21.4. The van der Waals surface area contributed by atoms with Crippen LogP contribution in [0.1, 0.15) is 37.7 Å². The minimum Gasteiger partial charge on any atom is -0.350 e. The van der Waals surface area contributed by atoms with E-state index in [4.69, 9.17) is 12.2 Å². The van der Waals surface area contributed by atoms with E-state index in [9.17, 15) is 4.79 Å². The molecular weight excluding hydrogens is 336 g/mol. The summed E-state index contributed by atoms with van der Waals surface area (Å²) in [7, 11) is 2.03. The second-order valence-electron chi connectivity index (χ2n) is 6.56. The van der Waals surface area contributed by atoms with Crippen LogP contribution in [-0.2, 0) is 11.8 Å². The third-order valence-corrected chi connectivity index (χ3v) is 6.31. The molecule has 4 rings (SSSR count). The molecule has 2 heterocycles. The third kappa shape index (κ3) is 2.70. The van der Waals surface area contributed by atoms with Crippen molar-refractivity contribution in [3.8, 4) is 0 Å². The summed E-state index contributed by atoms with van der Waals surface area (Å²) >= 11 is 6.96. The SMILES string of the molecule is Cn1cc(/C=C2\SC(=S)N(C3CCCCC3)C2=O)c2ccccc21. The van der Waals surface area contributed by atoms with E-state index in [1.807, 2.05) is 30.2 Å². The van der Waals surface area contributed by atoms with Crippen LogP contribution in [0.15, 0.2) is 35.4 Å². The summed E-state index contributed by atoms with van der Waals surface area (Å²) < 4.78 is 2.82. The summed E-state index contributed by atoms with van der Waals surface area (Å²) in [5.41, 5.74) is 2.25. The minimum absolute atomic E-state index is 0.0878. The van der Waals surface area contributed by atoms with Crippen molar-refractivity contribution in [2.24, 2.45) is 7.05 Å². The average molecular weight is 357 g/mol. The van der Waals surface area contributed by atoms with Crippen LogP contribution in [0.4, 0.5) is 0 Å². The summed E-state index contributed by atoms with van der Waals surface area (Å²) in [6.07, 6.45) is 9.91. The molecule has 3 nitrogen and oxygen atoms in total. The molecule has 0 radical (unpaired) electrons. The fourth-order valence-corrected chi connectivity index (χ4v) is 5.15. The number of amides is 1. The van der Waals surface area contributed by atoms with E-state index in [0.29, 0.717) is 6.04 Å². The molecule has 0 bridgehead atoms. The maximum absolute atomic E-state index is 12.9. The number of carbonyl (C=O) groups excluding carboxylic acids is 1. The zero-order chi connectivity index (χ0) is 16.7. The lowest BCUT2D eigenvalue weighted by molar-refractivity contribution is -0.124. The topological polar surface area (TPSA) is 25.2 Å². The fraction of sp³-hybridized carbons (Fsp3) is 0.368. The highest BCUT2D eigenvalue weighted by molar-refractivity contribution is 8.26. The Balaban J connectivity index is 1.67. The van der Waals surface area contributed by atoms with Crippen LogP contribution in [-0.4, -0.2) is 25.7 Å². The Hall–Kier alpha value is -1.59. The molecule has 1 saturated heterocycles. The standard InChI is InChI=1S/C19H20N2OS2/c1-20-12-13(15-9-5-6-10-16(15)20)11-17-18(22)21(19(23)24-17)14-7-3-2-4-8-14/h5-6,9-12,14H,2-4,7-8H2,1H3/b17-11-. The first-order valence-corrected chi connectivity index (χ1v) is 9.69. The van der Waals surface area contributed by atoms with Crippen LogP contribution in [0.5, 0.6) is 0 Å². The van der Waals surface area contributed by atoms with Crippen molar-refractivity contribution in [2.45, 2.75) is 38.1 Å². The Morgan fingerprint density at radius 1 is 1.21 bits per heavy atom. The lowest BCUT2D eigenvalue weighted by Crippen LogP contribution is -2.39. The second kappa shape index (κ2) is 6.37. The number of rotatable bonds is 2. The van der Waals surface area contributed by atoms with E-state index in [-0.39, 0.29) is 5.91 Å². The predicted molar refractivity (Wildman–Crippen MR) is 105 cm³/mol. The first kappa shape index (κ1) is 15.9. The van der Waals surface area contributed by atoms with Crippen LogP contribution in [0.2, 0.25) is 0 Å². The number of thioether (sulfide) groups is 1. The maximum atomic E-state index is 12.9. The first-order valence-electron chi connectivity index (χ1n) is 8.46. The van der Waals surface area contributed by atoms with Gasteiger partial charge in [0.2, 0.25) is 0 Å². The number of fused-ring (bicyclic) bond motifs is 1. The largest absolute Gasteiger partial charge is 0.350 e. The van der Waals surface area contributed by atoms with Gasteiger partial charge in [0, 0.05) is 35.8 Å². The van der Waals surface area contributed by atoms with Crippen molar-refractivity contribution in [1.82, 2.24) is 9.47 Å². The van der Waals surface area contributed by atoms with E-state index < -0.39 is 0 Å². The Morgan fingerprint density at radius 2 is 1.96 bits per heavy atom. The Labute approximate surface area is 151 Å². The maximum Gasteiger partial charge on any atom is 0.266 e. The molecule has 5 heteroatoms. The van der Waals surface area contributed by atoms with Crippen molar-refractivity contribution in [1.29, 1.82) is 0 Å². The Morgan fingerprint density at radius 3 is 2.75 bits per heavy atom. The molecule has 1 aromatic heterocycles. The van der Waals surface area contributed by atoms with E-state index >= 15 is 0 Å². The summed E-state index contributed by atoms with van der Waals surface area (Å²) in [5, 5.41) is 1.17. The number of benzene rings is 1. The predicted octanol–water partition coefficient (Wildman–Crippen LogP) is 4.71. The van der Waals surface area contributed by atoms with Crippen molar-refractivity contribution < 1.29 is 4.79 Å². The first-order chi connectivity index (χ1) is 11.6.